The number of anilines is 1. The largest absolute Gasteiger partial charge is 0.494 e. The van der Waals surface area contributed by atoms with Crippen molar-refractivity contribution in [1.29, 1.82) is 0 Å². The molecule has 1 aliphatic heterocycles. The first-order valence-electron chi connectivity index (χ1n) is 11.7. The minimum absolute atomic E-state index is 0.0338. The van der Waals surface area contributed by atoms with Gasteiger partial charge in [0, 0.05) is 29.8 Å². The first-order chi connectivity index (χ1) is 16.6. The molecule has 8 nitrogen and oxygen atoms in total. The Morgan fingerprint density at radius 1 is 1.17 bits per heavy atom. The Morgan fingerprint density at radius 2 is 1.89 bits per heavy atom. The molecule has 2 aromatic carbocycles. The number of benzene rings is 2. The first-order valence-corrected chi connectivity index (χ1v) is 12.1. The highest BCUT2D eigenvalue weighted by Crippen LogP contribution is 2.40. The van der Waals surface area contributed by atoms with E-state index in [1.807, 2.05) is 38.1 Å². The summed E-state index contributed by atoms with van der Waals surface area (Å²) < 4.78 is 11.4. The molecule has 186 valence electrons. The van der Waals surface area contributed by atoms with Crippen molar-refractivity contribution in [3.05, 3.63) is 51.5 Å². The molecule has 0 atom stereocenters. The number of Topliss-reactive ketones (excluding diaryl/α,β-unsaturated/α-hetero) is 1. The molecule has 0 bridgehead atoms. The summed E-state index contributed by atoms with van der Waals surface area (Å²) in [7, 11) is 1.68. The van der Waals surface area contributed by atoms with Crippen molar-refractivity contribution in [2.45, 2.75) is 46.6 Å². The van der Waals surface area contributed by atoms with Gasteiger partial charge in [-0.3, -0.25) is 4.79 Å². The zero-order valence-corrected chi connectivity index (χ0v) is 21.9. The highest BCUT2D eigenvalue weighted by molar-refractivity contribution is 6.34. The van der Waals surface area contributed by atoms with Crippen molar-refractivity contribution in [2.75, 3.05) is 38.3 Å². The molecule has 4 rings (SSSR count). The fourth-order valence-corrected chi connectivity index (χ4v) is 4.47. The van der Waals surface area contributed by atoms with Crippen LogP contribution in [0.2, 0.25) is 5.02 Å². The van der Waals surface area contributed by atoms with Crippen molar-refractivity contribution in [2.24, 2.45) is 0 Å². The molecule has 0 N–H and O–H groups in total. The van der Waals surface area contributed by atoms with E-state index in [1.54, 1.807) is 7.11 Å². The highest BCUT2D eigenvalue weighted by Gasteiger charge is 2.27. The van der Waals surface area contributed by atoms with Gasteiger partial charge in [-0.15, -0.1) is 10.2 Å². The third kappa shape index (κ3) is 5.18. The number of hydrogen-bond acceptors (Lipinski definition) is 7. The Morgan fingerprint density at radius 3 is 2.54 bits per heavy atom. The molecule has 3 aromatic rings. The molecule has 0 spiro atoms. The van der Waals surface area contributed by atoms with Crippen LogP contribution in [0, 0.1) is 13.8 Å². The third-order valence-corrected chi connectivity index (χ3v) is 6.88. The fourth-order valence-electron chi connectivity index (χ4n) is 4.18. The van der Waals surface area contributed by atoms with Gasteiger partial charge >= 0.3 is 0 Å². The van der Waals surface area contributed by atoms with Crippen molar-refractivity contribution in [1.82, 2.24) is 20.2 Å². The summed E-state index contributed by atoms with van der Waals surface area (Å²) >= 11 is 6.51. The molecule has 0 aliphatic carbocycles. The van der Waals surface area contributed by atoms with Crippen LogP contribution in [0.5, 0.6) is 5.75 Å². The second-order valence-corrected chi connectivity index (χ2v) is 10.2. The summed E-state index contributed by atoms with van der Waals surface area (Å²) in [6.07, 6.45) is 0. The van der Waals surface area contributed by atoms with E-state index in [9.17, 15) is 4.79 Å². The number of carbonyl (C=O) groups is 1. The quantitative estimate of drug-likeness (QED) is 0.459. The molecule has 9 heteroatoms. The van der Waals surface area contributed by atoms with Crippen LogP contribution in [0.25, 0.3) is 11.4 Å². The second-order valence-electron chi connectivity index (χ2n) is 9.86. The van der Waals surface area contributed by atoms with Crippen molar-refractivity contribution < 1.29 is 14.3 Å². The number of tetrazole rings is 1. The second kappa shape index (κ2) is 9.95. The van der Waals surface area contributed by atoms with Crippen molar-refractivity contribution in [3.8, 4) is 17.1 Å². The van der Waals surface area contributed by atoms with Gasteiger partial charge in [0.05, 0.1) is 31.0 Å². The molecule has 1 aromatic heterocycles. The van der Waals surface area contributed by atoms with Gasteiger partial charge in [0.25, 0.3) is 0 Å². The van der Waals surface area contributed by atoms with E-state index >= 15 is 0 Å². The lowest BCUT2D eigenvalue weighted by Gasteiger charge is -2.33. The van der Waals surface area contributed by atoms with Gasteiger partial charge in [-0.05, 0) is 53.8 Å². The summed E-state index contributed by atoms with van der Waals surface area (Å²) in [4.78, 5) is 16.9. The Bertz CT molecular complexity index is 1240. The lowest BCUT2D eigenvalue weighted by atomic mass is 9.84. The molecule has 1 fully saturated rings. The van der Waals surface area contributed by atoms with E-state index in [2.05, 4.69) is 41.1 Å². The van der Waals surface area contributed by atoms with E-state index in [1.165, 1.54) is 4.80 Å². The minimum Gasteiger partial charge on any atom is -0.494 e. The van der Waals surface area contributed by atoms with Gasteiger partial charge in [-0.25, -0.2) is 0 Å². The van der Waals surface area contributed by atoms with Gasteiger partial charge < -0.3 is 14.4 Å². The summed E-state index contributed by atoms with van der Waals surface area (Å²) in [6.45, 7) is 13.0. The fraction of sp³-hybridized carbons (Fsp3) is 0.462. The molecular formula is C26H32ClN5O3. The van der Waals surface area contributed by atoms with Crippen LogP contribution in [-0.4, -0.2) is 59.4 Å². The van der Waals surface area contributed by atoms with Crippen LogP contribution < -0.4 is 9.64 Å². The van der Waals surface area contributed by atoms with Crippen LogP contribution in [-0.2, 0) is 16.7 Å². The maximum atomic E-state index is 13.4. The third-order valence-electron chi connectivity index (χ3n) is 6.39. The molecule has 1 saturated heterocycles. The number of methoxy groups -OCH3 is 1. The van der Waals surface area contributed by atoms with Gasteiger partial charge in [-0.2, -0.15) is 4.80 Å². The average molecular weight is 498 g/mol. The number of hydrogen-bond donors (Lipinski definition) is 0. The van der Waals surface area contributed by atoms with Gasteiger partial charge in [0.15, 0.2) is 5.78 Å². The lowest BCUT2D eigenvalue weighted by Crippen LogP contribution is -2.37. The molecule has 0 unspecified atom stereocenters. The number of aryl methyl sites for hydroxylation is 1. The predicted molar refractivity (Wildman–Crippen MR) is 137 cm³/mol. The summed E-state index contributed by atoms with van der Waals surface area (Å²) in [5.74, 6) is 1.08. The van der Waals surface area contributed by atoms with Crippen LogP contribution in [0.3, 0.4) is 0 Å². The molecule has 0 amide bonds. The summed E-state index contributed by atoms with van der Waals surface area (Å²) in [6, 6.07) is 7.67. The topological polar surface area (TPSA) is 82.4 Å². The smallest absolute Gasteiger partial charge is 0.206 e. The Labute approximate surface area is 211 Å². The van der Waals surface area contributed by atoms with E-state index in [0.717, 1.165) is 41.2 Å². The summed E-state index contributed by atoms with van der Waals surface area (Å²) in [5.41, 5.74) is 5.00. The number of carbonyl (C=O) groups excluding carboxylic acids is 1. The first kappa shape index (κ1) is 25.1. The molecule has 0 radical (unpaired) electrons. The maximum Gasteiger partial charge on any atom is 0.206 e. The Hall–Kier alpha value is -2.97. The van der Waals surface area contributed by atoms with Crippen LogP contribution >= 0.6 is 11.6 Å². The number of halogens is 1. The van der Waals surface area contributed by atoms with Gasteiger partial charge in [-0.1, -0.05) is 38.4 Å². The van der Waals surface area contributed by atoms with Gasteiger partial charge in [0.2, 0.25) is 5.82 Å². The number of rotatable bonds is 6. The van der Waals surface area contributed by atoms with E-state index in [-0.39, 0.29) is 17.7 Å². The van der Waals surface area contributed by atoms with E-state index in [4.69, 9.17) is 21.1 Å². The number of ether oxygens (including phenoxy) is 2. The molecule has 1 aliphatic rings. The highest BCUT2D eigenvalue weighted by atomic mass is 35.5. The summed E-state index contributed by atoms with van der Waals surface area (Å²) in [5, 5.41) is 13.3. The average Bonchev–Trinajstić information content (AvgIpc) is 3.29. The van der Waals surface area contributed by atoms with Crippen molar-refractivity contribution >= 4 is 23.1 Å². The lowest BCUT2D eigenvalue weighted by molar-refractivity contribution is 0.0961. The number of aromatic nitrogens is 4. The molecule has 2 heterocycles. The zero-order chi connectivity index (χ0) is 25.3. The Kier molecular flexibility index (Phi) is 7.15. The number of nitrogens with zero attached hydrogens (tertiary/aromatic N) is 5. The predicted octanol–water partition coefficient (Wildman–Crippen LogP) is 4.64. The number of ketones is 1. The van der Waals surface area contributed by atoms with Crippen LogP contribution in [0.1, 0.15) is 47.8 Å². The monoisotopic (exact) mass is 497 g/mol. The molecular weight excluding hydrogens is 466 g/mol. The normalized spacial score (nSPS) is 14.3. The maximum absolute atomic E-state index is 13.4. The van der Waals surface area contributed by atoms with Crippen molar-refractivity contribution in [3.63, 3.8) is 0 Å². The van der Waals surface area contributed by atoms with E-state index in [0.29, 0.717) is 35.2 Å². The standard InChI is InChI=1S/C26H32ClN5O3/c1-16-7-8-19(23(27)17(16)2)25-28-30-32(29-25)15-22(33)18-13-20(26(3,4)5)24(34-6)21(14-18)31-9-11-35-12-10-31/h7-8,13-14H,9-12,15H2,1-6H3. The molecule has 35 heavy (non-hydrogen) atoms. The van der Waals surface area contributed by atoms with Crippen LogP contribution in [0.15, 0.2) is 24.3 Å². The van der Waals surface area contributed by atoms with Crippen LogP contribution in [0.4, 0.5) is 5.69 Å². The van der Waals surface area contributed by atoms with E-state index < -0.39 is 0 Å². The Balaban J connectivity index is 1.66. The zero-order valence-electron chi connectivity index (χ0n) is 21.2. The van der Waals surface area contributed by atoms with Gasteiger partial charge in [0.1, 0.15) is 12.3 Å². The number of morpholine rings is 1. The minimum atomic E-state index is -0.221. The SMILES string of the molecule is COc1c(N2CCOCC2)cc(C(=O)Cn2nnc(-c3ccc(C)c(C)c3Cl)n2)cc1C(C)(C)C. The molecule has 0 saturated carbocycles.